The second-order valence-corrected chi connectivity index (χ2v) is 4.96. The lowest BCUT2D eigenvalue weighted by Gasteiger charge is -2.15. The maximum Gasteiger partial charge on any atom is 0.269 e. The minimum absolute atomic E-state index is 0.0199. The van der Waals surface area contributed by atoms with Crippen molar-refractivity contribution in [1.29, 1.82) is 0 Å². The average Bonchev–Trinajstić information content (AvgIpc) is 2.87. The number of aliphatic hydroxyl groups is 1. The van der Waals surface area contributed by atoms with E-state index in [1.807, 2.05) is 24.6 Å². The first-order valence-electron chi connectivity index (χ1n) is 6.42. The second kappa shape index (κ2) is 5.83. The molecule has 20 heavy (non-hydrogen) atoms. The van der Waals surface area contributed by atoms with Crippen LogP contribution in [0.1, 0.15) is 37.3 Å². The van der Waals surface area contributed by atoms with Gasteiger partial charge in [-0.15, -0.1) is 0 Å². The molecule has 0 aliphatic heterocycles. The lowest BCUT2D eigenvalue weighted by molar-refractivity contribution is -0.384. The number of rotatable bonds is 5. The van der Waals surface area contributed by atoms with Crippen LogP contribution >= 0.6 is 0 Å². The van der Waals surface area contributed by atoms with Crippen molar-refractivity contribution in [3.63, 3.8) is 0 Å². The van der Waals surface area contributed by atoms with Crippen LogP contribution in [0.2, 0.25) is 0 Å². The molecule has 0 aliphatic rings. The molecule has 0 aliphatic carbocycles. The van der Waals surface area contributed by atoms with E-state index in [1.165, 1.54) is 12.1 Å². The molecule has 2 aromatic rings. The van der Waals surface area contributed by atoms with E-state index in [4.69, 9.17) is 0 Å². The van der Waals surface area contributed by atoms with E-state index in [0.29, 0.717) is 12.1 Å². The van der Waals surface area contributed by atoms with Gasteiger partial charge in [-0.2, -0.15) is 0 Å². The maximum atomic E-state index is 10.6. The van der Waals surface area contributed by atoms with Crippen molar-refractivity contribution in [2.75, 3.05) is 0 Å². The Balaban J connectivity index is 2.13. The molecule has 0 spiro atoms. The van der Waals surface area contributed by atoms with Gasteiger partial charge in [-0.3, -0.25) is 10.1 Å². The zero-order valence-electron chi connectivity index (χ0n) is 11.4. The molecule has 2 rings (SSSR count). The lowest BCUT2D eigenvalue weighted by Crippen LogP contribution is -2.12. The molecule has 1 heterocycles. The zero-order chi connectivity index (χ0) is 14.7. The molecule has 0 saturated heterocycles. The second-order valence-electron chi connectivity index (χ2n) is 4.96. The van der Waals surface area contributed by atoms with Gasteiger partial charge in [0.1, 0.15) is 5.82 Å². The number of nitrogens with zero attached hydrogens (tertiary/aromatic N) is 3. The number of imidazole rings is 1. The van der Waals surface area contributed by atoms with Crippen LogP contribution in [0, 0.1) is 10.1 Å². The van der Waals surface area contributed by atoms with Gasteiger partial charge in [-0.1, -0.05) is 13.8 Å². The lowest BCUT2D eigenvalue weighted by atomic mass is 10.1. The van der Waals surface area contributed by atoms with Gasteiger partial charge in [0.2, 0.25) is 0 Å². The van der Waals surface area contributed by atoms with E-state index in [-0.39, 0.29) is 11.6 Å². The molecule has 0 saturated carbocycles. The Hall–Kier alpha value is -2.21. The van der Waals surface area contributed by atoms with Gasteiger partial charge in [0.25, 0.3) is 5.69 Å². The predicted molar refractivity (Wildman–Crippen MR) is 74.4 cm³/mol. The van der Waals surface area contributed by atoms with Gasteiger partial charge >= 0.3 is 0 Å². The number of nitro benzene ring substituents is 1. The number of hydrogen-bond donors (Lipinski definition) is 1. The molecule has 0 amide bonds. The largest absolute Gasteiger partial charge is 0.387 e. The fourth-order valence-corrected chi connectivity index (χ4v) is 2.09. The van der Waals surface area contributed by atoms with Crippen LogP contribution in [0.4, 0.5) is 5.69 Å². The topological polar surface area (TPSA) is 81.2 Å². The third-order valence-corrected chi connectivity index (χ3v) is 3.12. The smallest absolute Gasteiger partial charge is 0.269 e. The molecule has 6 nitrogen and oxygen atoms in total. The van der Waals surface area contributed by atoms with Crippen molar-refractivity contribution in [1.82, 2.24) is 9.55 Å². The van der Waals surface area contributed by atoms with Gasteiger partial charge in [0.05, 0.1) is 17.6 Å². The van der Waals surface area contributed by atoms with Crippen molar-refractivity contribution in [2.24, 2.45) is 0 Å². The van der Waals surface area contributed by atoms with Crippen LogP contribution in [0.3, 0.4) is 0 Å². The van der Waals surface area contributed by atoms with E-state index < -0.39 is 11.0 Å². The Morgan fingerprint density at radius 3 is 2.55 bits per heavy atom. The first-order chi connectivity index (χ1) is 9.49. The van der Waals surface area contributed by atoms with Crippen molar-refractivity contribution in [3.8, 4) is 0 Å². The van der Waals surface area contributed by atoms with Gasteiger partial charge < -0.3 is 9.67 Å². The zero-order valence-corrected chi connectivity index (χ0v) is 11.4. The van der Waals surface area contributed by atoms with Crippen LogP contribution in [-0.2, 0) is 6.54 Å². The highest BCUT2D eigenvalue weighted by Crippen LogP contribution is 2.21. The van der Waals surface area contributed by atoms with E-state index in [1.54, 1.807) is 18.3 Å². The summed E-state index contributed by atoms with van der Waals surface area (Å²) in [6, 6.07) is 5.95. The molecule has 0 fully saturated rings. The fourth-order valence-electron chi connectivity index (χ4n) is 2.09. The van der Waals surface area contributed by atoms with Crippen LogP contribution in [0.5, 0.6) is 0 Å². The molecule has 106 valence electrons. The SMILES string of the molecule is CC(C)c1nccn1CC(O)c1ccc([N+](=O)[O-])cc1. The van der Waals surface area contributed by atoms with E-state index >= 15 is 0 Å². The third kappa shape index (κ3) is 3.03. The summed E-state index contributed by atoms with van der Waals surface area (Å²) in [5.74, 6) is 1.18. The summed E-state index contributed by atoms with van der Waals surface area (Å²) in [6.07, 6.45) is 2.81. The summed E-state index contributed by atoms with van der Waals surface area (Å²) >= 11 is 0. The highest BCUT2D eigenvalue weighted by atomic mass is 16.6. The number of aliphatic hydroxyl groups excluding tert-OH is 1. The quantitative estimate of drug-likeness (QED) is 0.671. The van der Waals surface area contributed by atoms with E-state index in [0.717, 1.165) is 5.82 Å². The van der Waals surface area contributed by atoms with Crippen molar-refractivity contribution in [2.45, 2.75) is 32.4 Å². The van der Waals surface area contributed by atoms with Crippen LogP contribution in [0.25, 0.3) is 0 Å². The minimum atomic E-state index is -0.720. The summed E-state index contributed by atoms with van der Waals surface area (Å²) < 4.78 is 1.90. The number of non-ortho nitro benzene ring substituents is 1. The Labute approximate surface area is 116 Å². The third-order valence-electron chi connectivity index (χ3n) is 3.12. The minimum Gasteiger partial charge on any atom is -0.387 e. The first kappa shape index (κ1) is 14.2. The number of benzene rings is 1. The summed E-state index contributed by atoms with van der Waals surface area (Å²) in [7, 11) is 0. The number of aromatic nitrogens is 2. The summed E-state index contributed by atoms with van der Waals surface area (Å²) in [5.41, 5.74) is 0.672. The van der Waals surface area contributed by atoms with Gasteiger partial charge in [-0.25, -0.2) is 4.98 Å². The highest BCUT2D eigenvalue weighted by Gasteiger charge is 2.14. The van der Waals surface area contributed by atoms with Gasteiger partial charge in [0, 0.05) is 30.4 Å². The van der Waals surface area contributed by atoms with Crippen molar-refractivity contribution in [3.05, 3.63) is 58.2 Å². The highest BCUT2D eigenvalue weighted by molar-refractivity contribution is 5.33. The van der Waals surface area contributed by atoms with Crippen LogP contribution in [0.15, 0.2) is 36.7 Å². The normalized spacial score (nSPS) is 12.6. The standard InChI is InChI=1S/C14H17N3O3/c1-10(2)14-15-7-8-16(14)9-13(18)11-3-5-12(6-4-11)17(19)20/h3-8,10,13,18H,9H2,1-2H3. The molecule has 0 radical (unpaired) electrons. The Bertz CT molecular complexity index is 590. The fraction of sp³-hybridized carbons (Fsp3) is 0.357. The summed E-state index contributed by atoms with van der Waals surface area (Å²) in [4.78, 5) is 14.4. The van der Waals surface area contributed by atoms with Crippen LogP contribution in [-0.4, -0.2) is 19.6 Å². The van der Waals surface area contributed by atoms with Crippen LogP contribution < -0.4 is 0 Å². The molecule has 1 aromatic carbocycles. The molecule has 1 aromatic heterocycles. The maximum absolute atomic E-state index is 10.6. The summed E-state index contributed by atoms with van der Waals surface area (Å²) in [5, 5.41) is 20.8. The monoisotopic (exact) mass is 275 g/mol. The first-order valence-corrected chi connectivity index (χ1v) is 6.42. The Morgan fingerprint density at radius 2 is 2.00 bits per heavy atom. The molecular weight excluding hydrogens is 258 g/mol. The summed E-state index contributed by atoms with van der Waals surface area (Å²) in [6.45, 7) is 4.46. The molecule has 6 heteroatoms. The molecule has 0 bridgehead atoms. The van der Waals surface area contributed by atoms with Crippen molar-refractivity contribution < 1.29 is 10.0 Å². The Morgan fingerprint density at radius 1 is 1.35 bits per heavy atom. The molecule has 1 atom stereocenters. The molecule has 1 N–H and O–H groups in total. The molecule has 1 unspecified atom stereocenters. The molecular formula is C14H17N3O3. The number of hydrogen-bond acceptors (Lipinski definition) is 4. The van der Waals surface area contributed by atoms with Gasteiger partial charge in [0.15, 0.2) is 0 Å². The van der Waals surface area contributed by atoms with Crippen molar-refractivity contribution >= 4 is 5.69 Å². The van der Waals surface area contributed by atoms with E-state index in [9.17, 15) is 15.2 Å². The Kier molecular flexibility index (Phi) is 4.14. The number of nitro groups is 1. The van der Waals surface area contributed by atoms with Gasteiger partial charge in [-0.05, 0) is 17.7 Å². The predicted octanol–water partition coefficient (Wildman–Crippen LogP) is 2.65. The average molecular weight is 275 g/mol. The van der Waals surface area contributed by atoms with E-state index in [2.05, 4.69) is 4.98 Å².